The second-order valence-electron chi connectivity index (χ2n) is 4.58. The zero-order valence-electron chi connectivity index (χ0n) is 12.8. The minimum absolute atomic E-state index is 0. The summed E-state index contributed by atoms with van der Waals surface area (Å²) in [6, 6.07) is 8.98. The van der Waals surface area contributed by atoms with Gasteiger partial charge in [-0.05, 0) is 12.3 Å². The van der Waals surface area contributed by atoms with E-state index in [4.69, 9.17) is 0 Å². The zero-order valence-corrected chi connectivity index (χ0v) is 14.4. The van der Waals surface area contributed by atoms with Gasteiger partial charge in [-0.25, -0.2) is 12.0 Å². The smallest absolute Gasteiger partial charge is 0.358 e. The zero-order chi connectivity index (χ0) is 10.3. The third-order valence-electron chi connectivity index (χ3n) is 3.79. The molecule has 19 heavy (non-hydrogen) atoms. The summed E-state index contributed by atoms with van der Waals surface area (Å²) in [6.07, 6.45) is 7.63. The molecule has 0 nitrogen and oxygen atoms in total. The van der Waals surface area contributed by atoms with Crippen molar-refractivity contribution in [2.75, 3.05) is 0 Å². The monoisotopic (exact) mass is 290 g/mol. The van der Waals surface area contributed by atoms with Crippen molar-refractivity contribution in [1.29, 1.82) is 0 Å². The predicted octanol–water partition coefficient (Wildman–Crippen LogP) is 5.68. The van der Waals surface area contributed by atoms with Crippen LogP contribution in [0.2, 0.25) is 0 Å². The first-order valence-electron chi connectivity index (χ1n) is 6.07. The van der Waals surface area contributed by atoms with E-state index >= 15 is 0 Å². The van der Waals surface area contributed by atoms with E-state index < -0.39 is 0 Å². The van der Waals surface area contributed by atoms with Crippen molar-refractivity contribution in [3.63, 3.8) is 0 Å². The fraction of sp³-hybridized carbons (Fsp3) is 0.333. The normalized spacial score (nSPS) is 18.5. The fourth-order valence-electron chi connectivity index (χ4n) is 3.13. The average Bonchev–Trinajstić information content (AvgIpc) is 2.63. The molecule has 0 heterocycles. The van der Waals surface area contributed by atoms with Gasteiger partial charge in [0.2, 0.25) is 0 Å². The van der Waals surface area contributed by atoms with Crippen LogP contribution in [-0.2, 0) is 21.7 Å². The molecule has 2 aliphatic rings. The number of benzene rings is 1. The molecular weight excluding hydrogens is 264 g/mol. The molecule has 0 radical (unpaired) electrons. The van der Waals surface area contributed by atoms with E-state index in [0.717, 1.165) is 0 Å². The van der Waals surface area contributed by atoms with Crippen LogP contribution in [0.4, 0.5) is 0 Å². The molecule has 1 unspecified atom stereocenters. The number of hydrogen-bond acceptors (Lipinski definition) is 0. The molecule has 0 spiro atoms. The van der Waals surface area contributed by atoms with Gasteiger partial charge in [-0.2, -0.15) is 5.57 Å². The largest absolute Gasteiger partial charge is 4.00 e. The van der Waals surface area contributed by atoms with E-state index in [0.29, 0.717) is 5.92 Å². The molecule has 0 fully saturated rings. The average molecular weight is 290 g/mol. The van der Waals surface area contributed by atoms with Crippen molar-refractivity contribution in [2.45, 2.75) is 38.5 Å². The molecule has 0 saturated heterocycles. The maximum atomic E-state index is 2.48. The fourth-order valence-corrected chi connectivity index (χ4v) is 3.13. The quantitative estimate of drug-likeness (QED) is 0.461. The number of hydrogen-bond donors (Lipinski definition) is 0. The maximum absolute atomic E-state index is 2.48. The number of fused-ring (bicyclic) bond motifs is 2. The van der Waals surface area contributed by atoms with Crippen LogP contribution in [0.1, 0.15) is 49.7 Å². The molecule has 0 aromatic heterocycles. The molecule has 0 saturated carbocycles. The van der Waals surface area contributed by atoms with Gasteiger partial charge in [-0.3, -0.25) is 0 Å². The molecule has 0 bridgehead atoms. The number of rotatable bonds is 1. The van der Waals surface area contributed by atoms with Crippen molar-refractivity contribution < 1.29 is 21.7 Å². The van der Waals surface area contributed by atoms with E-state index in [2.05, 4.69) is 37.6 Å². The molecular formula is C18H26Ti. The third-order valence-corrected chi connectivity index (χ3v) is 3.79. The molecule has 0 aliphatic heterocycles. The Hall–Kier alpha value is -0.456. The van der Waals surface area contributed by atoms with Crippen LogP contribution in [0.15, 0.2) is 29.8 Å². The van der Waals surface area contributed by atoms with E-state index in [1.54, 1.807) is 16.7 Å². The summed E-state index contributed by atoms with van der Waals surface area (Å²) in [5.74, 6) is 0.691. The van der Waals surface area contributed by atoms with Crippen LogP contribution in [-0.4, -0.2) is 0 Å². The van der Waals surface area contributed by atoms with E-state index in [-0.39, 0.29) is 44.0 Å². The summed E-state index contributed by atoms with van der Waals surface area (Å²) >= 11 is 0. The van der Waals surface area contributed by atoms with Crippen molar-refractivity contribution >= 4 is 5.57 Å². The van der Waals surface area contributed by atoms with Gasteiger partial charge in [0.1, 0.15) is 0 Å². The Balaban J connectivity index is 0. The molecule has 102 valence electrons. The SMILES string of the molecule is CCC1C2=C(CCC[CH-]2)c2ccccc21.[CH3-].[CH3-].[CH3-].[Ti+4]. The Bertz CT molecular complexity index is 417. The van der Waals surface area contributed by atoms with Crippen molar-refractivity contribution in [3.05, 3.63) is 69.7 Å². The third kappa shape index (κ3) is 3.36. The van der Waals surface area contributed by atoms with Gasteiger partial charge in [-0.15, -0.1) is 6.42 Å². The van der Waals surface area contributed by atoms with Gasteiger partial charge in [0.05, 0.1) is 0 Å². The molecule has 1 aromatic rings. The van der Waals surface area contributed by atoms with E-state index in [1.165, 1.54) is 31.2 Å². The van der Waals surface area contributed by atoms with Gasteiger partial charge in [0.15, 0.2) is 0 Å². The van der Waals surface area contributed by atoms with Crippen LogP contribution in [0.25, 0.3) is 5.57 Å². The van der Waals surface area contributed by atoms with Crippen molar-refractivity contribution in [2.24, 2.45) is 0 Å². The first-order chi connectivity index (χ1) is 7.42. The minimum atomic E-state index is 0. The van der Waals surface area contributed by atoms with Crippen molar-refractivity contribution in [3.8, 4) is 0 Å². The molecule has 0 amide bonds. The van der Waals surface area contributed by atoms with Gasteiger partial charge >= 0.3 is 21.7 Å². The van der Waals surface area contributed by atoms with Gasteiger partial charge in [-0.1, -0.05) is 55.2 Å². The Labute approximate surface area is 135 Å². The topological polar surface area (TPSA) is 0 Å². The Morgan fingerprint density at radius 1 is 1.16 bits per heavy atom. The van der Waals surface area contributed by atoms with Crippen LogP contribution < -0.4 is 0 Å². The van der Waals surface area contributed by atoms with E-state index in [9.17, 15) is 0 Å². The second kappa shape index (κ2) is 8.66. The summed E-state index contributed by atoms with van der Waals surface area (Å²) in [6.45, 7) is 2.31. The Kier molecular flexibility index (Phi) is 9.51. The van der Waals surface area contributed by atoms with Crippen LogP contribution in [0.3, 0.4) is 0 Å². The van der Waals surface area contributed by atoms with Crippen molar-refractivity contribution in [1.82, 2.24) is 0 Å². The van der Waals surface area contributed by atoms with Gasteiger partial charge in [0.25, 0.3) is 0 Å². The standard InChI is InChI=1S/C15H17.3CH3.Ti/c1-2-11-12-7-3-5-9-14(12)15-10-6-4-8-13(11)15;;;;/h3,5,7-9,11H,2,4,6,10H2,1H3;3*1H3;/q4*-1;+4. The molecule has 1 aromatic carbocycles. The molecule has 2 aliphatic carbocycles. The molecule has 1 heteroatoms. The Morgan fingerprint density at radius 2 is 1.84 bits per heavy atom. The summed E-state index contributed by atoms with van der Waals surface area (Å²) in [5, 5.41) is 0. The molecule has 0 N–H and O–H groups in total. The van der Waals surface area contributed by atoms with Crippen LogP contribution >= 0.6 is 0 Å². The van der Waals surface area contributed by atoms with Gasteiger partial charge < -0.3 is 22.3 Å². The number of allylic oxidation sites excluding steroid dienone is 2. The van der Waals surface area contributed by atoms with E-state index in [1.807, 2.05) is 0 Å². The van der Waals surface area contributed by atoms with Crippen LogP contribution in [0, 0.1) is 28.7 Å². The van der Waals surface area contributed by atoms with Crippen LogP contribution in [0.5, 0.6) is 0 Å². The predicted molar refractivity (Wildman–Crippen MR) is 83.8 cm³/mol. The molecule has 3 rings (SSSR count). The first kappa shape index (κ1) is 20.9. The summed E-state index contributed by atoms with van der Waals surface area (Å²) < 4.78 is 0. The summed E-state index contributed by atoms with van der Waals surface area (Å²) in [7, 11) is 0. The first-order valence-corrected chi connectivity index (χ1v) is 6.07. The summed E-state index contributed by atoms with van der Waals surface area (Å²) in [4.78, 5) is 0. The summed E-state index contributed by atoms with van der Waals surface area (Å²) in [5.41, 5.74) is 6.40. The van der Waals surface area contributed by atoms with Gasteiger partial charge in [0, 0.05) is 0 Å². The second-order valence-corrected chi connectivity index (χ2v) is 4.58. The Morgan fingerprint density at radius 3 is 2.53 bits per heavy atom. The minimum Gasteiger partial charge on any atom is -0.358 e. The maximum Gasteiger partial charge on any atom is 4.00 e. The molecule has 1 atom stereocenters.